The SMILES string of the molecule is CCc1nnn(-c2ccccc2)c1CN. The summed E-state index contributed by atoms with van der Waals surface area (Å²) in [6.45, 7) is 2.52. The molecular formula is C11H14N4. The minimum absolute atomic E-state index is 0.463. The molecule has 0 amide bonds. The molecule has 0 radical (unpaired) electrons. The number of nitrogens with two attached hydrogens (primary N) is 1. The van der Waals surface area contributed by atoms with Crippen molar-refractivity contribution in [1.82, 2.24) is 15.0 Å². The number of rotatable bonds is 3. The molecular weight excluding hydrogens is 188 g/mol. The van der Waals surface area contributed by atoms with Crippen LogP contribution in [-0.4, -0.2) is 15.0 Å². The summed E-state index contributed by atoms with van der Waals surface area (Å²) >= 11 is 0. The summed E-state index contributed by atoms with van der Waals surface area (Å²) in [6, 6.07) is 9.91. The Kier molecular flexibility index (Phi) is 2.78. The molecule has 2 rings (SSSR count). The van der Waals surface area contributed by atoms with E-state index in [0.29, 0.717) is 6.54 Å². The van der Waals surface area contributed by atoms with Gasteiger partial charge in [0.15, 0.2) is 0 Å². The molecule has 1 heterocycles. The zero-order valence-electron chi connectivity index (χ0n) is 8.72. The largest absolute Gasteiger partial charge is 0.325 e. The van der Waals surface area contributed by atoms with Crippen LogP contribution in [0.3, 0.4) is 0 Å². The van der Waals surface area contributed by atoms with Gasteiger partial charge in [0.25, 0.3) is 0 Å². The molecule has 0 fully saturated rings. The number of aromatic nitrogens is 3. The fraction of sp³-hybridized carbons (Fsp3) is 0.273. The van der Waals surface area contributed by atoms with Crippen LogP contribution in [0.25, 0.3) is 5.69 Å². The van der Waals surface area contributed by atoms with Crippen LogP contribution in [0.4, 0.5) is 0 Å². The summed E-state index contributed by atoms with van der Waals surface area (Å²) in [5.41, 5.74) is 8.68. The highest BCUT2D eigenvalue weighted by atomic mass is 15.4. The van der Waals surface area contributed by atoms with Crippen LogP contribution < -0.4 is 5.73 Å². The summed E-state index contributed by atoms with van der Waals surface area (Å²) in [4.78, 5) is 0. The van der Waals surface area contributed by atoms with E-state index in [9.17, 15) is 0 Å². The van der Waals surface area contributed by atoms with E-state index in [1.54, 1.807) is 4.68 Å². The number of aryl methyl sites for hydroxylation is 1. The molecule has 0 aliphatic rings. The summed E-state index contributed by atoms with van der Waals surface area (Å²) in [7, 11) is 0. The zero-order valence-corrected chi connectivity index (χ0v) is 8.72. The van der Waals surface area contributed by atoms with E-state index in [2.05, 4.69) is 17.2 Å². The molecule has 0 spiro atoms. The van der Waals surface area contributed by atoms with Crippen molar-refractivity contribution < 1.29 is 0 Å². The van der Waals surface area contributed by atoms with Gasteiger partial charge in [-0.05, 0) is 18.6 Å². The molecule has 78 valence electrons. The Balaban J connectivity index is 2.49. The van der Waals surface area contributed by atoms with Crippen molar-refractivity contribution >= 4 is 0 Å². The lowest BCUT2D eigenvalue weighted by atomic mass is 10.2. The molecule has 0 aliphatic heterocycles. The Labute approximate surface area is 88.7 Å². The summed E-state index contributed by atoms with van der Waals surface area (Å²) in [5, 5.41) is 8.23. The van der Waals surface area contributed by atoms with E-state index in [1.807, 2.05) is 30.3 Å². The number of benzene rings is 1. The second kappa shape index (κ2) is 4.23. The normalized spacial score (nSPS) is 10.5. The predicted octanol–water partition coefficient (Wildman–Crippen LogP) is 1.29. The molecule has 0 saturated carbocycles. The minimum atomic E-state index is 0.463. The van der Waals surface area contributed by atoms with Gasteiger partial charge in [-0.1, -0.05) is 30.3 Å². The van der Waals surface area contributed by atoms with Crippen molar-refractivity contribution in [3.05, 3.63) is 41.7 Å². The highest BCUT2D eigenvalue weighted by Crippen LogP contribution is 2.12. The molecule has 0 bridgehead atoms. The third kappa shape index (κ3) is 1.76. The van der Waals surface area contributed by atoms with Crippen LogP contribution >= 0.6 is 0 Å². The van der Waals surface area contributed by atoms with E-state index in [1.165, 1.54) is 0 Å². The molecule has 0 saturated heterocycles. The molecule has 1 aromatic heterocycles. The van der Waals surface area contributed by atoms with Crippen molar-refractivity contribution in [2.24, 2.45) is 5.73 Å². The second-order valence-electron chi connectivity index (χ2n) is 3.29. The maximum Gasteiger partial charge on any atom is 0.0874 e. The molecule has 0 aliphatic carbocycles. The smallest absolute Gasteiger partial charge is 0.0874 e. The summed E-state index contributed by atoms with van der Waals surface area (Å²) in [6.07, 6.45) is 0.860. The van der Waals surface area contributed by atoms with E-state index in [-0.39, 0.29) is 0 Å². The van der Waals surface area contributed by atoms with Gasteiger partial charge in [0.05, 0.1) is 17.1 Å². The summed E-state index contributed by atoms with van der Waals surface area (Å²) < 4.78 is 1.80. The molecule has 4 heteroatoms. The Hall–Kier alpha value is -1.68. The third-order valence-corrected chi connectivity index (χ3v) is 2.37. The van der Waals surface area contributed by atoms with E-state index >= 15 is 0 Å². The molecule has 0 atom stereocenters. The van der Waals surface area contributed by atoms with Crippen molar-refractivity contribution in [1.29, 1.82) is 0 Å². The topological polar surface area (TPSA) is 56.7 Å². The first kappa shape index (κ1) is 9.86. The van der Waals surface area contributed by atoms with Crippen LogP contribution in [-0.2, 0) is 13.0 Å². The van der Waals surface area contributed by atoms with Crippen LogP contribution in [0.5, 0.6) is 0 Å². The van der Waals surface area contributed by atoms with Gasteiger partial charge >= 0.3 is 0 Å². The zero-order chi connectivity index (χ0) is 10.7. The van der Waals surface area contributed by atoms with Crippen LogP contribution in [0, 0.1) is 0 Å². The maximum atomic E-state index is 5.71. The monoisotopic (exact) mass is 202 g/mol. The lowest BCUT2D eigenvalue weighted by molar-refractivity contribution is 0.761. The molecule has 2 N–H and O–H groups in total. The first-order chi connectivity index (χ1) is 7.36. The molecule has 4 nitrogen and oxygen atoms in total. The Morgan fingerprint density at radius 1 is 1.27 bits per heavy atom. The highest BCUT2D eigenvalue weighted by molar-refractivity contribution is 5.33. The first-order valence-corrected chi connectivity index (χ1v) is 5.05. The van der Waals surface area contributed by atoms with Gasteiger partial charge in [-0.25, -0.2) is 4.68 Å². The Bertz CT molecular complexity index is 433. The predicted molar refractivity (Wildman–Crippen MR) is 58.6 cm³/mol. The second-order valence-corrected chi connectivity index (χ2v) is 3.29. The van der Waals surface area contributed by atoms with E-state index in [0.717, 1.165) is 23.5 Å². The van der Waals surface area contributed by atoms with Crippen LogP contribution in [0.1, 0.15) is 18.3 Å². The van der Waals surface area contributed by atoms with Crippen LogP contribution in [0.2, 0.25) is 0 Å². The van der Waals surface area contributed by atoms with Gasteiger partial charge in [0, 0.05) is 6.54 Å². The standard InChI is InChI=1S/C11H14N4/c1-2-10-11(8-12)15(14-13-10)9-6-4-3-5-7-9/h3-7H,2,8,12H2,1H3. The van der Waals surface area contributed by atoms with Gasteiger partial charge in [-0.15, -0.1) is 5.10 Å². The molecule has 2 aromatic rings. The summed E-state index contributed by atoms with van der Waals surface area (Å²) in [5.74, 6) is 0. The molecule has 15 heavy (non-hydrogen) atoms. The highest BCUT2D eigenvalue weighted by Gasteiger charge is 2.10. The van der Waals surface area contributed by atoms with Gasteiger partial charge in [0.2, 0.25) is 0 Å². The van der Waals surface area contributed by atoms with Crippen molar-refractivity contribution in [3.63, 3.8) is 0 Å². The number of nitrogens with zero attached hydrogens (tertiary/aromatic N) is 3. The number of hydrogen-bond donors (Lipinski definition) is 1. The van der Waals surface area contributed by atoms with Gasteiger partial charge in [0.1, 0.15) is 0 Å². The number of para-hydroxylation sites is 1. The van der Waals surface area contributed by atoms with E-state index < -0.39 is 0 Å². The minimum Gasteiger partial charge on any atom is -0.325 e. The molecule has 0 unspecified atom stereocenters. The first-order valence-electron chi connectivity index (χ1n) is 5.05. The maximum absolute atomic E-state index is 5.71. The Morgan fingerprint density at radius 3 is 2.60 bits per heavy atom. The van der Waals surface area contributed by atoms with E-state index in [4.69, 9.17) is 5.73 Å². The van der Waals surface area contributed by atoms with Crippen molar-refractivity contribution in [3.8, 4) is 5.69 Å². The third-order valence-electron chi connectivity index (χ3n) is 2.37. The average molecular weight is 202 g/mol. The van der Waals surface area contributed by atoms with Crippen LogP contribution in [0.15, 0.2) is 30.3 Å². The quantitative estimate of drug-likeness (QED) is 0.815. The fourth-order valence-electron chi connectivity index (χ4n) is 1.59. The van der Waals surface area contributed by atoms with Crippen molar-refractivity contribution in [2.75, 3.05) is 0 Å². The lowest BCUT2D eigenvalue weighted by Gasteiger charge is -2.04. The Morgan fingerprint density at radius 2 is 2.00 bits per heavy atom. The van der Waals surface area contributed by atoms with Gasteiger partial charge in [-0.2, -0.15) is 0 Å². The number of hydrogen-bond acceptors (Lipinski definition) is 3. The molecule has 1 aromatic carbocycles. The lowest BCUT2D eigenvalue weighted by Crippen LogP contribution is -2.08. The van der Waals surface area contributed by atoms with Gasteiger partial charge in [-0.3, -0.25) is 0 Å². The van der Waals surface area contributed by atoms with Crippen molar-refractivity contribution in [2.45, 2.75) is 19.9 Å². The fourth-order valence-corrected chi connectivity index (χ4v) is 1.59. The average Bonchev–Trinajstić information content (AvgIpc) is 2.72. The van der Waals surface area contributed by atoms with Gasteiger partial charge < -0.3 is 5.73 Å².